The lowest BCUT2D eigenvalue weighted by molar-refractivity contribution is 0.0532. The molecule has 1 saturated heterocycles. The number of nitrogens with zero attached hydrogens (tertiary/aromatic N) is 5. The van der Waals surface area contributed by atoms with Gasteiger partial charge in [0.15, 0.2) is 0 Å². The van der Waals surface area contributed by atoms with E-state index in [-0.39, 0.29) is 18.2 Å². The van der Waals surface area contributed by atoms with Crippen molar-refractivity contribution in [3.05, 3.63) is 58.0 Å². The Labute approximate surface area is 162 Å². The molecule has 146 valence electrons. The van der Waals surface area contributed by atoms with Gasteiger partial charge in [-0.3, -0.25) is 9.78 Å². The van der Waals surface area contributed by atoms with Gasteiger partial charge in [-0.1, -0.05) is 5.16 Å². The minimum Gasteiger partial charge on any atom is -0.375 e. The van der Waals surface area contributed by atoms with Gasteiger partial charge in [0.25, 0.3) is 5.56 Å². The van der Waals surface area contributed by atoms with E-state index in [0.29, 0.717) is 18.1 Å². The summed E-state index contributed by atoms with van der Waals surface area (Å²) in [5.41, 5.74) is 3.95. The Balaban J connectivity index is 1.61. The van der Waals surface area contributed by atoms with E-state index in [1.807, 2.05) is 32.9 Å². The van der Waals surface area contributed by atoms with Crippen LogP contribution >= 0.6 is 0 Å². The highest BCUT2D eigenvalue weighted by Gasteiger charge is 2.19. The van der Waals surface area contributed by atoms with Crippen molar-refractivity contribution in [2.45, 2.75) is 33.4 Å². The highest BCUT2D eigenvalue weighted by Crippen LogP contribution is 2.25. The molecule has 0 unspecified atom stereocenters. The number of aryl methyl sites for hydroxylation is 2. The summed E-state index contributed by atoms with van der Waals surface area (Å²) in [7, 11) is 0. The van der Waals surface area contributed by atoms with Crippen molar-refractivity contribution in [3.8, 4) is 11.3 Å². The van der Waals surface area contributed by atoms with Crippen LogP contribution in [-0.4, -0.2) is 45.7 Å². The van der Waals surface area contributed by atoms with E-state index < -0.39 is 0 Å². The van der Waals surface area contributed by atoms with Gasteiger partial charge in [-0.15, -0.1) is 0 Å². The molecule has 8 nitrogen and oxygen atoms in total. The van der Waals surface area contributed by atoms with E-state index in [9.17, 15) is 4.79 Å². The number of ether oxygens (including phenoxy) is 1. The van der Waals surface area contributed by atoms with E-state index >= 15 is 0 Å². The molecule has 1 fully saturated rings. The summed E-state index contributed by atoms with van der Waals surface area (Å²) in [6.45, 7) is 8.23. The molecule has 1 atom stereocenters. The van der Waals surface area contributed by atoms with Crippen molar-refractivity contribution in [2.75, 3.05) is 24.6 Å². The largest absolute Gasteiger partial charge is 0.375 e. The predicted molar refractivity (Wildman–Crippen MR) is 104 cm³/mol. The van der Waals surface area contributed by atoms with Gasteiger partial charge >= 0.3 is 0 Å². The molecule has 0 amide bonds. The van der Waals surface area contributed by atoms with Gasteiger partial charge in [0, 0.05) is 42.2 Å². The Morgan fingerprint density at radius 2 is 2.11 bits per heavy atom. The first-order chi connectivity index (χ1) is 13.5. The predicted octanol–water partition coefficient (Wildman–Crippen LogP) is 2.18. The van der Waals surface area contributed by atoms with Crippen LogP contribution in [0.5, 0.6) is 0 Å². The van der Waals surface area contributed by atoms with Gasteiger partial charge in [-0.2, -0.15) is 5.10 Å². The molecule has 4 heterocycles. The van der Waals surface area contributed by atoms with Gasteiger partial charge in [0.05, 0.1) is 31.1 Å². The smallest absolute Gasteiger partial charge is 0.269 e. The number of hydrogen-bond donors (Lipinski definition) is 0. The Hall–Kier alpha value is -3.00. The number of pyridine rings is 1. The van der Waals surface area contributed by atoms with Crippen LogP contribution in [0.4, 0.5) is 5.69 Å². The number of anilines is 1. The van der Waals surface area contributed by atoms with Gasteiger partial charge in [-0.25, -0.2) is 4.68 Å². The summed E-state index contributed by atoms with van der Waals surface area (Å²) in [5.74, 6) is 0.662. The summed E-state index contributed by atoms with van der Waals surface area (Å²) in [4.78, 5) is 19.1. The first-order valence-corrected chi connectivity index (χ1v) is 9.33. The first-order valence-electron chi connectivity index (χ1n) is 9.33. The normalized spacial score (nSPS) is 17.1. The number of aromatic nitrogens is 4. The molecule has 4 rings (SSSR count). The average molecular weight is 381 g/mol. The molecular weight excluding hydrogens is 358 g/mol. The van der Waals surface area contributed by atoms with Crippen LogP contribution in [0.15, 0.2) is 39.9 Å². The lowest BCUT2D eigenvalue weighted by Crippen LogP contribution is -2.41. The third-order valence-electron chi connectivity index (χ3n) is 4.94. The maximum atomic E-state index is 12.7. The van der Waals surface area contributed by atoms with Gasteiger partial charge in [-0.05, 0) is 32.9 Å². The summed E-state index contributed by atoms with van der Waals surface area (Å²) in [6.07, 6.45) is 3.63. The molecule has 0 bridgehead atoms. The number of morpholine rings is 1. The molecule has 0 saturated carbocycles. The topological polar surface area (TPSA) is 86.3 Å². The second-order valence-electron chi connectivity index (χ2n) is 7.09. The molecular formula is C20H23N5O3. The Morgan fingerprint density at radius 3 is 2.82 bits per heavy atom. The molecule has 8 heteroatoms. The fourth-order valence-corrected chi connectivity index (χ4v) is 3.33. The average Bonchev–Trinajstić information content (AvgIpc) is 3.04. The molecule has 3 aromatic rings. The SMILES string of the molecule is Cc1ccc(-c2noc(C)c2Cn2ncc(N3CCO[C@H](C)C3)cc2=O)cn1. The zero-order valence-electron chi connectivity index (χ0n) is 16.3. The zero-order valence-corrected chi connectivity index (χ0v) is 16.3. The molecule has 0 spiro atoms. The molecule has 0 aliphatic carbocycles. The minimum atomic E-state index is -0.162. The number of hydrogen-bond acceptors (Lipinski definition) is 7. The maximum Gasteiger partial charge on any atom is 0.269 e. The fraction of sp³-hybridized carbons (Fsp3) is 0.400. The Bertz CT molecular complexity index is 1030. The van der Waals surface area contributed by atoms with E-state index in [1.54, 1.807) is 18.5 Å². The molecule has 0 aromatic carbocycles. The zero-order chi connectivity index (χ0) is 19.7. The van der Waals surface area contributed by atoms with Crippen molar-refractivity contribution in [1.29, 1.82) is 0 Å². The second kappa shape index (κ2) is 7.55. The fourth-order valence-electron chi connectivity index (χ4n) is 3.33. The standard InChI is InChI=1S/C20H23N5O3/c1-13-4-5-16(9-21-13)20-18(15(3)28-23-20)12-25-19(26)8-17(10-22-25)24-6-7-27-14(2)11-24/h4-5,8-10,14H,6-7,11-12H2,1-3H3/t14-/m1/s1. The molecule has 1 aliphatic rings. The lowest BCUT2D eigenvalue weighted by Gasteiger charge is -2.32. The third-order valence-corrected chi connectivity index (χ3v) is 4.94. The number of rotatable bonds is 4. The third kappa shape index (κ3) is 3.68. The van der Waals surface area contributed by atoms with E-state index in [4.69, 9.17) is 9.26 Å². The van der Waals surface area contributed by atoms with Crippen LogP contribution in [0.25, 0.3) is 11.3 Å². The molecule has 28 heavy (non-hydrogen) atoms. The van der Waals surface area contributed by atoms with Crippen molar-refractivity contribution < 1.29 is 9.26 Å². The summed E-state index contributed by atoms with van der Waals surface area (Å²) < 4.78 is 12.4. The quantitative estimate of drug-likeness (QED) is 0.685. The van der Waals surface area contributed by atoms with E-state index in [2.05, 4.69) is 20.1 Å². The van der Waals surface area contributed by atoms with Gasteiger partial charge in [0.1, 0.15) is 11.5 Å². The molecule has 1 aliphatic heterocycles. The molecule has 0 radical (unpaired) electrons. The highest BCUT2D eigenvalue weighted by molar-refractivity contribution is 5.62. The monoisotopic (exact) mass is 381 g/mol. The maximum absolute atomic E-state index is 12.7. The lowest BCUT2D eigenvalue weighted by atomic mass is 10.1. The van der Waals surface area contributed by atoms with Crippen LogP contribution < -0.4 is 10.5 Å². The van der Waals surface area contributed by atoms with Crippen LogP contribution in [0, 0.1) is 13.8 Å². The van der Waals surface area contributed by atoms with Crippen LogP contribution in [0.2, 0.25) is 0 Å². The van der Waals surface area contributed by atoms with Crippen molar-refractivity contribution >= 4 is 5.69 Å². The summed E-state index contributed by atoms with van der Waals surface area (Å²) in [5, 5.41) is 8.54. The second-order valence-corrected chi connectivity index (χ2v) is 7.09. The van der Waals surface area contributed by atoms with Crippen LogP contribution in [0.3, 0.4) is 0 Å². The molecule has 3 aromatic heterocycles. The van der Waals surface area contributed by atoms with Gasteiger partial charge < -0.3 is 14.2 Å². The summed E-state index contributed by atoms with van der Waals surface area (Å²) in [6, 6.07) is 5.49. The van der Waals surface area contributed by atoms with E-state index in [1.165, 1.54) is 4.68 Å². The highest BCUT2D eigenvalue weighted by atomic mass is 16.5. The Kier molecular flexibility index (Phi) is 4.95. The van der Waals surface area contributed by atoms with Crippen molar-refractivity contribution in [3.63, 3.8) is 0 Å². The van der Waals surface area contributed by atoms with Crippen molar-refractivity contribution in [1.82, 2.24) is 19.9 Å². The Morgan fingerprint density at radius 1 is 1.25 bits per heavy atom. The van der Waals surface area contributed by atoms with Crippen LogP contribution in [0.1, 0.15) is 23.9 Å². The first kappa shape index (κ1) is 18.4. The van der Waals surface area contributed by atoms with Crippen molar-refractivity contribution in [2.24, 2.45) is 0 Å². The minimum absolute atomic E-state index is 0.140. The van der Waals surface area contributed by atoms with Gasteiger partial charge in [0.2, 0.25) is 0 Å². The molecule has 0 N–H and O–H groups in total. The summed E-state index contributed by atoms with van der Waals surface area (Å²) >= 11 is 0. The van der Waals surface area contributed by atoms with E-state index in [0.717, 1.165) is 35.6 Å². The van der Waals surface area contributed by atoms with Crippen LogP contribution in [-0.2, 0) is 11.3 Å².